The number of carbonyl (C=O) groups excluding carboxylic acids is 1. The SMILES string of the molecule is [C-]#[N+]c1cc(Cl)cc(Cl)c1NC(=O)c1cc(Br)nn1-c1ncc(Cl)cc1Cl. The Hall–Kier alpha value is -1.82. The quantitative estimate of drug-likeness (QED) is 0.416. The van der Waals surface area contributed by atoms with Crippen molar-refractivity contribution >= 4 is 79.6 Å². The zero-order valence-electron chi connectivity index (χ0n) is 13.0. The molecular weight excluding hydrogens is 500 g/mol. The molecule has 0 radical (unpaired) electrons. The van der Waals surface area contributed by atoms with Crippen LogP contribution in [0.4, 0.5) is 11.4 Å². The van der Waals surface area contributed by atoms with Crippen LogP contribution in [0.2, 0.25) is 20.1 Å². The maximum atomic E-state index is 12.8. The fourth-order valence-corrected chi connectivity index (χ4v) is 3.55. The number of nitrogens with zero attached hydrogens (tertiary/aromatic N) is 4. The molecule has 0 aliphatic heterocycles. The van der Waals surface area contributed by atoms with Gasteiger partial charge in [-0.25, -0.2) is 14.5 Å². The zero-order chi connectivity index (χ0) is 19.7. The van der Waals surface area contributed by atoms with Crippen LogP contribution in [0.1, 0.15) is 10.5 Å². The van der Waals surface area contributed by atoms with E-state index in [-0.39, 0.29) is 38.0 Å². The van der Waals surface area contributed by atoms with E-state index >= 15 is 0 Å². The molecule has 11 heteroatoms. The summed E-state index contributed by atoms with van der Waals surface area (Å²) in [5, 5.41) is 7.76. The second-order valence-corrected chi connectivity index (χ2v) is 7.57. The summed E-state index contributed by atoms with van der Waals surface area (Å²) in [5.74, 6) is -0.361. The van der Waals surface area contributed by atoms with E-state index in [0.717, 1.165) is 0 Å². The Morgan fingerprint density at radius 1 is 1.11 bits per heavy atom. The summed E-state index contributed by atoms with van der Waals surface area (Å²) in [6.07, 6.45) is 1.38. The molecule has 1 amide bonds. The Labute approximate surface area is 181 Å². The lowest BCUT2D eigenvalue weighted by molar-refractivity contribution is 0.101. The summed E-state index contributed by atoms with van der Waals surface area (Å²) in [4.78, 5) is 20.3. The number of anilines is 1. The number of benzene rings is 1. The number of aromatic nitrogens is 3. The summed E-state index contributed by atoms with van der Waals surface area (Å²) >= 11 is 27.3. The number of halogens is 5. The summed E-state index contributed by atoms with van der Waals surface area (Å²) in [6, 6.07) is 5.79. The van der Waals surface area contributed by atoms with Gasteiger partial charge in [-0.05, 0) is 34.1 Å². The van der Waals surface area contributed by atoms with Gasteiger partial charge in [-0.1, -0.05) is 46.4 Å². The average Bonchev–Trinajstić information content (AvgIpc) is 2.98. The molecule has 1 aromatic carbocycles. The molecule has 2 aromatic heterocycles. The Bertz CT molecular complexity index is 1110. The van der Waals surface area contributed by atoms with Gasteiger partial charge in [0.1, 0.15) is 10.3 Å². The summed E-state index contributed by atoms with van der Waals surface area (Å²) in [6.45, 7) is 7.25. The van der Waals surface area contributed by atoms with Crippen LogP contribution >= 0.6 is 62.3 Å². The van der Waals surface area contributed by atoms with Crippen molar-refractivity contribution in [3.05, 3.63) is 72.3 Å². The molecule has 0 saturated heterocycles. The number of carbonyl (C=O) groups is 1. The first-order valence-electron chi connectivity index (χ1n) is 7.05. The molecule has 0 atom stereocenters. The topological polar surface area (TPSA) is 64.2 Å². The van der Waals surface area contributed by atoms with Crippen molar-refractivity contribution < 1.29 is 4.79 Å². The highest BCUT2D eigenvalue weighted by atomic mass is 79.9. The molecular formula is C16H6BrCl4N5O. The number of rotatable bonds is 3. The number of hydrogen-bond acceptors (Lipinski definition) is 3. The van der Waals surface area contributed by atoms with Crippen LogP contribution in [-0.4, -0.2) is 20.7 Å². The first-order valence-corrected chi connectivity index (χ1v) is 9.35. The van der Waals surface area contributed by atoms with E-state index in [9.17, 15) is 4.79 Å². The van der Waals surface area contributed by atoms with Crippen molar-refractivity contribution in [2.45, 2.75) is 0 Å². The minimum absolute atomic E-state index is 0.105. The highest BCUT2D eigenvalue weighted by Crippen LogP contribution is 2.36. The third-order valence-corrected chi connectivity index (χ3v) is 4.68. The average molecular weight is 506 g/mol. The van der Waals surface area contributed by atoms with E-state index in [1.807, 2.05) is 0 Å². The molecule has 3 aromatic rings. The van der Waals surface area contributed by atoms with Gasteiger partial charge in [-0.3, -0.25) is 4.79 Å². The van der Waals surface area contributed by atoms with Crippen LogP contribution in [0.15, 0.2) is 35.1 Å². The molecule has 27 heavy (non-hydrogen) atoms. The predicted octanol–water partition coefficient (Wildman–Crippen LogP) is 6.45. The van der Waals surface area contributed by atoms with Gasteiger partial charge in [0.2, 0.25) is 5.69 Å². The Morgan fingerprint density at radius 2 is 1.81 bits per heavy atom. The van der Waals surface area contributed by atoms with E-state index in [1.165, 1.54) is 35.1 Å². The molecule has 0 bridgehead atoms. The minimum Gasteiger partial charge on any atom is -0.329 e. The predicted molar refractivity (Wildman–Crippen MR) is 110 cm³/mol. The third-order valence-electron chi connectivity index (χ3n) is 3.29. The normalized spacial score (nSPS) is 10.5. The van der Waals surface area contributed by atoms with Gasteiger partial charge in [0.05, 0.1) is 27.3 Å². The second-order valence-electron chi connectivity index (χ2n) is 5.07. The smallest absolute Gasteiger partial charge is 0.273 e. The number of hydrogen-bond donors (Lipinski definition) is 1. The highest BCUT2D eigenvalue weighted by molar-refractivity contribution is 9.10. The van der Waals surface area contributed by atoms with E-state index < -0.39 is 5.91 Å². The van der Waals surface area contributed by atoms with Crippen molar-refractivity contribution in [3.8, 4) is 5.82 Å². The largest absolute Gasteiger partial charge is 0.329 e. The van der Waals surface area contributed by atoms with E-state index in [4.69, 9.17) is 53.0 Å². The number of nitrogens with one attached hydrogen (secondary N) is 1. The number of pyridine rings is 1. The Kier molecular flexibility index (Phi) is 5.94. The van der Waals surface area contributed by atoms with Crippen LogP contribution in [-0.2, 0) is 0 Å². The molecule has 0 unspecified atom stereocenters. The lowest BCUT2D eigenvalue weighted by Gasteiger charge is -2.11. The molecule has 0 saturated carbocycles. The van der Waals surface area contributed by atoms with Gasteiger partial charge in [-0.15, -0.1) is 0 Å². The van der Waals surface area contributed by atoms with Gasteiger partial charge in [0.25, 0.3) is 5.91 Å². The van der Waals surface area contributed by atoms with Gasteiger partial charge in [-0.2, -0.15) is 5.10 Å². The molecule has 0 spiro atoms. The minimum atomic E-state index is -0.574. The van der Waals surface area contributed by atoms with Crippen molar-refractivity contribution in [1.82, 2.24) is 14.8 Å². The zero-order valence-corrected chi connectivity index (χ0v) is 17.6. The first kappa shape index (κ1) is 19.9. The summed E-state index contributed by atoms with van der Waals surface area (Å²) in [5.41, 5.74) is 0.356. The van der Waals surface area contributed by atoms with Crippen LogP contribution in [0.3, 0.4) is 0 Å². The van der Waals surface area contributed by atoms with Crippen molar-refractivity contribution in [2.24, 2.45) is 0 Å². The number of amides is 1. The lowest BCUT2D eigenvalue weighted by atomic mass is 10.2. The first-order chi connectivity index (χ1) is 12.8. The molecule has 3 rings (SSSR count). The van der Waals surface area contributed by atoms with Gasteiger partial charge < -0.3 is 5.32 Å². The molecule has 0 aliphatic rings. The van der Waals surface area contributed by atoms with E-state index in [2.05, 4.69) is 36.2 Å². The van der Waals surface area contributed by atoms with Crippen LogP contribution in [0.5, 0.6) is 0 Å². The maximum absolute atomic E-state index is 12.8. The van der Waals surface area contributed by atoms with Crippen molar-refractivity contribution in [3.63, 3.8) is 0 Å². The monoisotopic (exact) mass is 503 g/mol. The molecule has 0 fully saturated rings. The standard InChI is InChI=1S/C16H6BrCl4N5O/c1-22-11-4-7(18)2-9(20)14(11)24-16(27)12-5-13(17)25-26(12)15-10(21)3-8(19)6-23-15/h2-6H,(H,24,27). The molecule has 0 aliphatic carbocycles. The summed E-state index contributed by atoms with van der Waals surface area (Å²) < 4.78 is 1.63. The van der Waals surface area contributed by atoms with Crippen LogP contribution < -0.4 is 5.32 Å². The lowest BCUT2D eigenvalue weighted by Crippen LogP contribution is -2.18. The molecule has 136 valence electrons. The fourth-order valence-electron chi connectivity index (χ4n) is 2.19. The van der Waals surface area contributed by atoms with E-state index in [1.54, 1.807) is 0 Å². The van der Waals surface area contributed by atoms with Crippen molar-refractivity contribution in [1.29, 1.82) is 0 Å². The maximum Gasteiger partial charge on any atom is 0.273 e. The van der Waals surface area contributed by atoms with Gasteiger partial charge in [0, 0.05) is 17.3 Å². The highest BCUT2D eigenvalue weighted by Gasteiger charge is 2.21. The third kappa shape index (κ3) is 4.21. The van der Waals surface area contributed by atoms with Gasteiger partial charge in [0.15, 0.2) is 5.82 Å². The molecule has 1 N–H and O–H groups in total. The Balaban J connectivity index is 2.04. The molecule has 6 nitrogen and oxygen atoms in total. The van der Waals surface area contributed by atoms with Crippen LogP contribution in [0.25, 0.3) is 10.7 Å². The Morgan fingerprint density at radius 3 is 2.48 bits per heavy atom. The second kappa shape index (κ2) is 8.05. The van der Waals surface area contributed by atoms with Gasteiger partial charge >= 0.3 is 0 Å². The van der Waals surface area contributed by atoms with Crippen molar-refractivity contribution in [2.75, 3.05) is 5.32 Å². The van der Waals surface area contributed by atoms with E-state index in [0.29, 0.717) is 9.63 Å². The van der Waals surface area contributed by atoms with Crippen LogP contribution in [0, 0.1) is 6.57 Å². The summed E-state index contributed by atoms with van der Waals surface area (Å²) in [7, 11) is 0. The fraction of sp³-hybridized carbons (Fsp3) is 0. The molecule has 2 heterocycles.